The molecule has 1 heterocycles. The van der Waals surface area contributed by atoms with E-state index >= 15 is 0 Å². The molecule has 0 aliphatic carbocycles. The Bertz CT molecular complexity index is 942. The number of anilines is 3. The molecule has 1 amide bonds. The van der Waals surface area contributed by atoms with Crippen LogP contribution in [-0.2, 0) is 0 Å². The summed E-state index contributed by atoms with van der Waals surface area (Å²) in [6, 6.07) is 16.2. The highest BCUT2D eigenvalue weighted by Crippen LogP contribution is 2.30. The average Bonchev–Trinajstić information content (AvgIpc) is 2.69. The number of nitrogens with zero attached hydrogens (tertiary/aromatic N) is 2. The van der Waals surface area contributed by atoms with Gasteiger partial charge in [-0.2, -0.15) is 0 Å². The molecule has 2 N–H and O–H groups in total. The molecule has 27 heavy (non-hydrogen) atoms. The maximum absolute atomic E-state index is 12.3. The highest BCUT2D eigenvalue weighted by atomic mass is 16.5. The minimum atomic E-state index is -0.231. The zero-order chi connectivity index (χ0) is 19.2. The highest BCUT2D eigenvalue weighted by Gasteiger charge is 2.09. The van der Waals surface area contributed by atoms with Crippen molar-refractivity contribution in [2.75, 3.05) is 24.9 Å². The fourth-order valence-electron chi connectivity index (χ4n) is 2.48. The van der Waals surface area contributed by atoms with Crippen molar-refractivity contribution in [1.82, 2.24) is 10.2 Å². The Morgan fingerprint density at radius 3 is 2.37 bits per heavy atom. The van der Waals surface area contributed by atoms with E-state index in [4.69, 9.17) is 9.47 Å². The first-order valence-corrected chi connectivity index (χ1v) is 8.30. The van der Waals surface area contributed by atoms with Crippen LogP contribution in [0, 0.1) is 6.92 Å². The van der Waals surface area contributed by atoms with Crippen LogP contribution in [0.15, 0.2) is 54.6 Å². The second kappa shape index (κ2) is 8.18. The number of carbonyl (C=O) groups is 1. The van der Waals surface area contributed by atoms with Crippen LogP contribution < -0.4 is 20.1 Å². The number of aromatic nitrogens is 2. The molecule has 7 heteroatoms. The van der Waals surface area contributed by atoms with E-state index in [1.165, 1.54) is 0 Å². The first kappa shape index (κ1) is 18.2. The van der Waals surface area contributed by atoms with Crippen LogP contribution in [-0.4, -0.2) is 30.3 Å². The Labute approximate surface area is 157 Å². The second-order valence-electron chi connectivity index (χ2n) is 5.82. The summed E-state index contributed by atoms with van der Waals surface area (Å²) in [4.78, 5) is 12.3. The van der Waals surface area contributed by atoms with Gasteiger partial charge in [0, 0.05) is 11.6 Å². The number of hydrogen-bond acceptors (Lipinski definition) is 6. The quantitative estimate of drug-likeness (QED) is 0.692. The number of rotatable bonds is 6. The summed E-state index contributed by atoms with van der Waals surface area (Å²) in [6.45, 7) is 1.94. The molecule has 3 aromatic rings. The molecule has 2 aromatic carbocycles. The molecule has 1 aromatic heterocycles. The summed E-state index contributed by atoms with van der Waals surface area (Å²) >= 11 is 0. The van der Waals surface area contributed by atoms with Crippen molar-refractivity contribution < 1.29 is 14.3 Å². The van der Waals surface area contributed by atoms with Gasteiger partial charge in [0.2, 0.25) is 0 Å². The molecule has 0 fully saturated rings. The van der Waals surface area contributed by atoms with Gasteiger partial charge in [-0.05, 0) is 43.3 Å². The summed E-state index contributed by atoms with van der Waals surface area (Å²) in [6.07, 6.45) is 0. The molecule has 0 bridgehead atoms. The second-order valence-corrected chi connectivity index (χ2v) is 5.82. The Morgan fingerprint density at radius 2 is 1.70 bits per heavy atom. The minimum absolute atomic E-state index is 0.231. The largest absolute Gasteiger partial charge is 0.497 e. The third-order valence-corrected chi connectivity index (χ3v) is 3.86. The molecule has 0 aliphatic rings. The van der Waals surface area contributed by atoms with Crippen molar-refractivity contribution in [1.29, 1.82) is 0 Å². The molecular formula is C20H20N4O3. The lowest BCUT2D eigenvalue weighted by Crippen LogP contribution is -2.13. The number of amides is 1. The normalized spacial score (nSPS) is 10.2. The van der Waals surface area contributed by atoms with Crippen molar-refractivity contribution in [3.05, 3.63) is 65.7 Å². The van der Waals surface area contributed by atoms with E-state index in [0.717, 1.165) is 11.3 Å². The van der Waals surface area contributed by atoms with E-state index < -0.39 is 0 Å². The molecule has 0 atom stereocenters. The predicted octanol–water partition coefficient (Wildman–Crippen LogP) is 3.80. The summed E-state index contributed by atoms with van der Waals surface area (Å²) in [5, 5.41) is 14.0. The van der Waals surface area contributed by atoms with Crippen LogP contribution in [0.5, 0.6) is 11.5 Å². The number of methoxy groups -OCH3 is 2. The molecule has 0 radical (unpaired) electrons. The van der Waals surface area contributed by atoms with Crippen LogP contribution >= 0.6 is 0 Å². The van der Waals surface area contributed by atoms with E-state index in [0.29, 0.717) is 28.7 Å². The van der Waals surface area contributed by atoms with E-state index in [2.05, 4.69) is 20.8 Å². The van der Waals surface area contributed by atoms with Crippen LogP contribution in [0.4, 0.5) is 17.3 Å². The van der Waals surface area contributed by atoms with Gasteiger partial charge in [0.15, 0.2) is 11.6 Å². The number of ether oxygens (including phenoxy) is 2. The maximum atomic E-state index is 12.3. The number of aryl methyl sites for hydroxylation is 1. The minimum Gasteiger partial charge on any atom is -0.497 e. The lowest BCUT2D eigenvalue weighted by Gasteiger charge is -2.12. The third kappa shape index (κ3) is 4.52. The van der Waals surface area contributed by atoms with Crippen molar-refractivity contribution >= 4 is 23.2 Å². The number of carbonyl (C=O) groups excluding carboxylic acids is 1. The van der Waals surface area contributed by atoms with Gasteiger partial charge in [-0.25, -0.2) is 0 Å². The van der Waals surface area contributed by atoms with Crippen LogP contribution in [0.1, 0.15) is 15.9 Å². The van der Waals surface area contributed by atoms with Gasteiger partial charge >= 0.3 is 0 Å². The Balaban J connectivity index is 1.69. The van der Waals surface area contributed by atoms with Crippen LogP contribution in [0.3, 0.4) is 0 Å². The topological polar surface area (TPSA) is 85.4 Å². The fourth-order valence-corrected chi connectivity index (χ4v) is 2.48. The molecule has 7 nitrogen and oxygen atoms in total. The van der Waals surface area contributed by atoms with E-state index in [9.17, 15) is 4.79 Å². The molecule has 3 rings (SSSR count). The molecule has 0 aliphatic heterocycles. The first-order chi connectivity index (χ1) is 13.1. The maximum Gasteiger partial charge on any atom is 0.256 e. The zero-order valence-electron chi connectivity index (χ0n) is 15.3. The van der Waals surface area contributed by atoms with Gasteiger partial charge in [0.1, 0.15) is 11.5 Å². The lowest BCUT2D eigenvalue weighted by atomic mass is 10.1. The third-order valence-electron chi connectivity index (χ3n) is 3.86. The standard InChI is InChI=1S/C20H20N4O3/c1-13-5-4-6-14(11-13)20(25)22-19-10-9-18(23-24-19)21-16-8-7-15(26-2)12-17(16)27-3/h4-12H,1-3H3,(H,21,23)(H,22,24,25). The molecular weight excluding hydrogens is 344 g/mol. The SMILES string of the molecule is COc1ccc(Nc2ccc(NC(=O)c3cccc(C)c3)nn2)c(OC)c1. The molecule has 0 saturated carbocycles. The summed E-state index contributed by atoms with van der Waals surface area (Å²) in [5.41, 5.74) is 2.31. The smallest absolute Gasteiger partial charge is 0.256 e. The fraction of sp³-hybridized carbons (Fsp3) is 0.150. The van der Waals surface area contributed by atoms with E-state index in [1.807, 2.05) is 37.3 Å². The van der Waals surface area contributed by atoms with Crippen molar-refractivity contribution in [2.45, 2.75) is 6.92 Å². The van der Waals surface area contributed by atoms with E-state index in [1.54, 1.807) is 38.5 Å². The zero-order valence-corrected chi connectivity index (χ0v) is 15.3. The van der Waals surface area contributed by atoms with E-state index in [-0.39, 0.29) is 5.91 Å². The summed E-state index contributed by atoms with van der Waals surface area (Å²) in [5.74, 6) is 1.97. The van der Waals surface area contributed by atoms with Crippen molar-refractivity contribution in [3.63, 3.8) is 0 Å². The Morgan fingerprint density at radius 1 is 0.926 bits per heavy atom. The Hall–Kier alpha value is -3.61. The first-order valence-electron chi connectivity index (χ1n) is 8.30. The molecule has 0 saturated heterocycles. The summed E-state index contributed by atoms with van der Waals surface area (Å²) < 4.78 is 10.5. The number of benzene rings is 2. The molecule has 0 spiro atoms. The Kier molecular flexibility index (Phi) is 5.51. The highest BCUT2D eigenvalue weighted by molar-refractivity contribution is 6.03. The van der Waals surface area contributed by atoms with Crippen LogP contribution in [0.2, 0.25) is 0 Å². The average molecular weight is 364 g/mol. The number of nitrogens with one attached hydrogen (secondary N) is 2. The number of hydrogen-bond donors (Lipinski definition) is 2. The van der Waals surface area contributed by atoms with Crippen molar-refractivity contribution in [2.24, 2.45) is 0 Å². The molecule has 138 valence electrons. The van der Waals surface area contributed by atoms with Gasteiger partial charge in [0.05, 0.1) is 19.9 Å². The van der Waals surface area contributed by atoms with Gasteiger partial charge < -0.3 is 20.1 Å². The molecule has 0 unspecified atom stereocenters. The van der Waals surface area contributed by atoms with Crippen molar-refractivity contribution in [3.8, 4) is 11.5 Å². The summed E-state index contributed by atoms with van der Waals surface area (Å²) in [7, 11) is 3.17. The monoisotopic (exact) mass is 364 g/mol. The van der Waals surface area contributed by atoms with Gasteiger partial charge in [-0.3, -0.25) is 4.79 Å². The lowest BCUT2D eigenvalue weighted by molar-refractivity contribution is 0.102. The van der Waals surface area contributed by atoms with Gasteiger partial charge in [0.25, 0.3) is 5.91 Å². The van der Waals surface area contributed by atoms with Crippen LogP contribution in [0.25, 0.3) is 0 Å². The van der Waals surface area contributed by atoms with Gasteiger partial charge in [-0.1, -0.05) is 17.7 Å². The predicted molar refractivity (Wildman–Crippen MR) is 104 cm³/mol. The van der Waals surface area contributed by atoms with Gasteiger partial charge in [-0.15, -0.1) is 10.2 Å².